The van der Waals surface area contributed by atoms with Gasteiger partial charge in [-0.15, -0.1) is 0 Å². The maximum absolute atomic E-state index is 11.1. The fraction of sp³-hybridized carbons (Fsp3) is 0.400. The van der Waals surface area contributed by atoms with Crippen molar-refractivity contribution in [3.63, 3.8) is 0 Å². The number of rotatable bonds is 4. The summed E-state index contributed by atoms with van der Waals surface area (Å²) in [5.74, 6) is 0. The van der Waals surface area contributed by atoms with Crippen LogP contribution in [0.15, 0.2) is 29.2 Å². The van der Waals surface area contributed by atoms with Gasteiger partial charge in [0.25, 0.3) is 0 Å². The van der Waals surface area contributed by atoms with Crippen molar-refractivity contribution in [2.45, 2.75) is 17.5 Å². The molecule has 16 heavy (non-hydrogen) atoms. The summed E-state index contributed by atoms with van der Waals surface area (Å²) in [4.78, 5) is 0.150. The second-order valence-corrected chi connectivity index (χ2v) is 5.37. The van der Waals surface area contributed by atoms with Crippen molar-refractivity contribution < 1.29 is 13.2 Å². The van der Waals surface area contributed by atoms with Crippen LogP contribution < -0.4 is 10.5 Å². The summed E-state index contributed by atoms with van der Waals surface area (Å²) in [6.07, 6.45) is 0. The molecule has 6 heteroatoms. The first-order valence-corrected chi connectivity index (χ1v) is 6.53. The molecule has 0 amide bonds. The van der Waals surface area contributed by atoms with Crippen molar-refractivity contribution in [1.82, 2.24) is 5.32 Å². The molecule has 5 nitrogen and oxygen atoms in total. The third kappa shape index (κ3) is 2.79. The number of sulfonamides is 1. The van der Waals surface area contributed by atoms with E-state index in [1.165, 1.54) is 6.07 Å². The van der Waals surface area contributed by atoms with Crippen molar-refractivity contribution in [3.8, 4) is 0 Å². The molecule has 2 rings (SSSR count). The topological polar surface area (TPSA) is 81.4 Å². The van der Waals surface area contributed by atoms with E-state index in [0.29, 0.717) is 12.6 Å². The molecule has 0 atom stereocenters. The quantitative estimate of drug-likeness (QED) is 0.767. The molecule has 1 aromatic rings. The summed E-state index contributed by atoms with van der Waals surface area (Å²) in [7, 11) is -3.61. The van der Waals surface area contributed by atoms with E-state index < -0.39 is 10.0 Å². The Labute approximate surface area is 94.6 Å². The molecule has 1 aliphatic heterocycles. The summed E-state index contributed by atoms with van der Waals surface area (Å²) in [5.41, 5.74) is 0.901. The Kier molecular flexibility index (Phi) is 3.25. The van der Waals surface area contributed by atoms with E-state index >= 15 is 0 Å². The van der Waals surface area contributed by atoms with Gasteiger partial charge in [0.15, 0.2) is 0 Å². The van der Waals surface area contributed by atoms with E-state index in [0.717, 1.165) is 18.8 Å². The number of ether oxygens (including phenoxy) is 1. The molecule has 0 aromatic heterocycles. The highest BCUT2D eigenvalue weighted by Crippen LogP contribution is 2.10. The number of nitrogens with two attached hydrogens (primary N) is 1. The zero-order valence-electron chi connectivity index (χ0n) is 8.72. The van der Waals surface area contributed by atoms with Crippen LogP contribution in [0.3, 0.4) is 0 Å². The van der Waals surface area contributed by atoms with Gasteiger partial charge in [-0.2, -0.15) is 0 Å². The van der Waals surface area contributed by atoms with Crippen molar-refractivity contribution in [3.05, 3.63) is 29.8 Å². The van der Waals surface area contributed by atoms with Crippen LogP contribution in [0.1, 0.15) is 5.56 Å². The third-order valence-corrected chi connectivity index (χ3v) is 3.37. The molecule has 0 bridgehead atoms. The minimum absolute atomic E-state index is 0.150. The molecule has 0 radical (unpaired) electrons. The molecule has 1 aromatic carbocycles. The number of nitrogens with one attached hydrogen (secondary N) is 1. The summed E-state index contributed by atoms with van der Waals surface area (Å²) < 4.78 is 27.3. The van der Waals surface area contributed by atoms with E-state index in [9.17, 15) is 8.42 Å². The van der Waals surface area contributed by atoms with Crippen molar-refractivity contribution in [2.75, 3.05) is 13.2 Å². The van der Waals surface area contributed by atoms with Crippen LogP contribution in [-0.4, -0.2) is 27.7 Å². The largest absolute Gasteiger partial charge is 0.378 e. The van der Waals surface area contributed by atoms with Gasteiger partial charge in [0.05, 0.1) is 24.2 Å². The first-order chi connectivity index (χ1) is 7.55. The number of hydrogen-bond donors (Lipinski definition) is 2. The van der Waals surface area contributed by atoms with Gasteiger partial charge < -0.3 is 10.1 Å². The highest BCUT2D eigenvalue weighted by Gasteiger charge is 2.17. The maximum atomic E-state index is 11.1. The minimum Gasteiger partial charge on any atom is -0.378 e. The fourth-order valence-electron chi connectivity index (χ4n) is 1.45. The highest BCUT2D eigenvalue weighted by molar-refractivity contribution is 7.89. The lowest BCUT2D eigenvalue weighted by Gasteiger charge is -2.27. The summed E-state index contributed by atoms with van der Waals surface area (Å²) >= 11 is 0. The van der Waals surface area contributed by atoms with Gasteiger partial charge in [-0.1, -0.05) is 12.1 Å². The lowest BCUT2D eigenvalue weighted by Crippen LogP contribution is -2.45. The molecule has 0 spiro atoms. The van der Waals surface area contributed by atoms with Crippen molar-refractivity contribution in [2.24, 2.45) is 5.14 Å². The Morgan fingerprint density at radius 3 is 2.75 bits per heavy atom. The van der Waals surface area contributed by atoms with Gasteiger partial charge in [0.2, 0.25) is 10.0 Å². The second kappa shape index (κ2) is 4.50. The minimum atomic E-state index is -3.61. The average molecular weight is 242 g/mol. The van der Waals surface area contributed by atoms with Gasteiger partial charge >= 0.3 is 0 Å². The van der Waals surface area contributed by atoms with Crippen molar-refractivity contribution in [1.29, 1.82) is 0 Å². The van der Waals surface area contributed by atoms with Gasteiger partial charge in [0.1, 0.15) is 0 Å². The van der Waals surface area contributed by atoms with Crippen LogP contribution in [0.5, 0.6) is 0 Å². The van der Waals surface area contributed by atoms with E-state index in [1.807, 2.05) is 6.07 Å². The highest BCUT2D eigenvalue weighted by atomic mass is 32.2. The molecule has 1 fully saturated rings. The molecular formula is C10H14N2O3S. The smallest absolute Gasteiger partial charge is 0.238 e. The Bertz CT molecular complexity index is 469. The third-order valence-electron chi connectivity index (χ3n) is 2.46. The fourth-order valence-corrected chi connectivity index (χ4v) is 2.03. The van der Waals surface area contributed by atoms with Gasteiger partial charge in [-0.05, 0) is 17.7 Å². The Morgan fingerprint density at radius 1 is 1.44 bits per heavy atom. The number of primary sulfonamides is 1. The summed E-state index contributed by atoms with van der Waals surface area (Å²) in [6.45, 7) is 2.06. The zero-order valence-corrected chi connectivity index (χ0v) is 9.53. The molecule has 1 saturated heterocycles. The van der Waals surface area contributed by atoms with Crippen molar-refractivity contribution >= 4 is 10.0 Å². The van der Waals surface area contributed by atoms with Crippen LogP contribution in [0.25, 0.3) is 0 Å². The molecule has 1 heterocycles. The van der Waals surface area contributed by atoms with Crippen LogP contribution in [0.2, 0.25) is 0 Å². The molecule has 0 aliphatic carbocycles. The molecule has 88 valence electrons. The van der Waals surface area contributed by atoms with Crippen LogP contribution >= 0.6 is 0 Å². The van der Waals surface area contributed by atoms with Gasteiger partial charge in [0, 0.05) is 6.54 Å². The van der Waals surface area contributed by atoms with E-state index in [4.69, 9.17) is 9.88 Å². The van der Waals surface area contributed by atoms with Crippen LogP contribution in [0.4, 0.5) is 0 Å². The summed E-state index contributed by atoms with van der Waals surface area (Å²) in [6, 6.07) is 7.00. The monoisotopic (exact) mass is 242 g/mol. The Hall–Kier alpha value is -0.950. The molecule has 3 N–H and O–H groups in total. The number of hydrogen-bond acceptors (Lipinski definition) is 4. The van der Waals surface area contributed by atoms with Gasteiger partial charge in [-0.25, -0.2) is 13.6 Å². The maximum Gasteiger partial charge on any atom is 0.238 e. The van der Waals surface area contributed by atoms with Gasteiger partial charge in [-0.3, -0.25) is 0 Å². The van der Waals surface area contributed by atoms with E-state index in [-0.39, 0.29) is 4.90 Å². The van der Waals surface area contributed by atoms with Crippen LogP contribution in [-0.2, 0) is 21.3 Å². The van der Waals surface area contributed by atoms with Crippen LogP contribution in [0, 0.1) is 0 Å². The van der Waals surface area contributed by atoms with E-state index in [2.05, 4.69) is 5.32 Å². The molecule has 0 saturated carbocycles. The van der Waals surface area contributed by atoms with E-state index in [1.54, 1.807) is 12.1 Å². The second-order valence-electron chi connectivity index (χ2n) is 3.81. The molecule has 1 aliphatic rings. The average Bonchev–Trinajstić information content (AvgIpc) is 2.14. The lowest BCUT2D eigenvalue weighted by molar-refractivity contribution is -0.00579. The normalized spacial score (nSPS) is 17.1. The zero-order chi connectivity index (χ0) is 11.6. The predicted molar refractivity (Wildman–Crippen MR) is 59.3 cm³/mol. The summed E-state index contributed by atoms with van der Waals surface area (Å²) in [5, 5.41) is 8.30. The molecule has 0 unspecified atom stereocenters. The Morgan fingerprint density at radius 2 is 2.19 bits per heavy atom. The molecular weight excluding hydrogens is 228 g/mol. The SMILES string of the molecule is NS(=O)(=O)c1cccc(CNC2COC2)c1. The first-order valence-electron chi connectivity index (χ1n) is 4.98. The number of benzene rings is 1. The Balaban J connectivity index is 2.04. The predicted octanol–water partition coefficient (Wildman–Crippen LogP) is -0.178. The lowest BCUT2D eigenvalue weighted by atomic mass is 10.2. The first kappa shape index (κ1) is 11.5. The standard InChI is InChI=1S/C10H14N2O3S/c11-16(13,14)10-3-1-2-8(4-10)5-12-9-6-15-7-9/h1-4,9,12H,5-7H2,(H2,11,13,14).